The Hall–Kier alpha value is -2.00. The number of thiophene rings is 1. The second kappa shape index (κ2) is 8.39. The fourth-order valence-corrected chi connectivity index (χ4v) is 3.11. The van der Waals surface area contributed by atoms with Gasteiger partial charge in [0.15, 0.2) is 0 Å². The fourth-order valence-electron chi connectivity index (χ4n) is 2.00. The number of anilines is 1. The van der Waals surface area contributed by atoms with Crippen molar-refractivity contribution in [1.82, 2.24) is 5.32 Å². The van der Waals surface area contributed by atoms with E-state index < -0.39 is 18.4 Å². The Morgan fingerprint density at radius 3 is 2.64 bits per heavy atom. The van der Waals surface area contributed by atoms with E-state index in [0.717, 1.165) is 21.4 Å². The maximum Gasteiger partial charge on any atom is 0.387 e. The number of hydrogen-bond acceptors (Lipinski definition) is 4. The first kappa shape index (κ1) is 19.3. The van der Waals surface area contributed by atoms with Crippen LogP contribution in [0.4, 0.5) is 14.5 Å². The second-order valence-corrected chi connectivity index (χ2v) is 7.23. The normalized spacial score (nSPS) is 10.6. The number of aryl methyl sites for hydroxylation is 2. The molecule has 2 aromatic rings. The third-order valence-electron chi connectivity index (χ3n) is 3.09. The molecule has 2 rings (SSSR count). The number of ether oxygens (including phenoxy) is 1. The lowest BCUT2D eigenvalue weighted by molar-refractivity contribution is -0.115. The van der Waals surface area contributed by atoms with Gasteiger partial charge < -0.3 is 15.4 Å². The number of halogens is 3. The van der Waals surface area contributed by atoms with Crippen LogP contribution in [-0.4, -0.2) is 25.0 Å². The molecule has 0 aliphatic heterocycles. The predicted octanol–water partition coefficient (Wildman–Crippen LogP) is 4.10. The van der Waals surface area contributed by atoms with Crippen molar-refractivity contribution in [3.05, 3.63) is 44.1 Å². The van der Waals surface area contributed by atoms with Crippen LogP contribution >= 0.6 is 27.3 Å². The summed E-state index contributed by atoms with van der Waals surface area (Å²) in [5.41, 5.74) is 1.54. The summed E-state index contributed by atoms with van der Waals surface area (Å²) < 4.78 is 30.0. The first-order valence-electron chi connectivity index (χ1n) is 7.15. The minimum atomic E-state index is -3.02. The summed E-state index contributed by atoms with van der Waals surface area (Å²) in [7, 11) is 0. The molecule has 134 valence electrons. The number of carbonyl (C=O) groups excluding carboxylic acids is 2. The van der Waals surface area contributed by atoms with E-state index in [1.807, 2.05) is 6.92 Å². The molecule has 0 aliphatic rings. The molecule has 2 amide bonds. The van der Waals surface area contributed by atoms with Crippen LogP contribution in [0, 0.1) is 13.8 Å². The zero-order valence-corrected chi connectivity index (χ0v) is 15.8. The second-order valence-electron chi connectivity index (χ2n) is 5.12. The third-order valence-corrected chi connectivity index (χ3v) is 5.01. The first-order chi connectivity index (χ1) is 11.8. The Morgan fingerprint density at radius 1 is 1.28 bits per heavy atom. The van der Waals surface area contributed by atoms with Gasteiger partial charge in [-0.3, -0.25) is 9.59 Å². The van der Waals surface area contributed by atoms with E-state index in [4.69, 9.17) is 0 Å². The van der Waals surface area contributed by atoms with Gasteiger partial charge in [0.05, 0.1) is 6.54 Å². The Kier molecular flexibility index (Phi) is 6.49. The van der Waals surface area contributed by atoms with Crippen molar-refractivity contribution in [1.29, 1.82) is 0 Å². The molecular formula is C16H15BrF2N2O3S. The van der Waals surface area contributed by atoms with Crippen LogP contribution < -0.4 is 15.4 Å². The highest BCUT2D eigenvalue weighted by atomic mass is 79.9. The van der Waals surface area contributed by atoms with Gasteiger partial charge in [0.1, 0.15) is 10.6 Å². The van der Waals surface area contributed by atoms with Crippen LogP contribution in [-0.2, 0) is 4.79 Å². The molecule has 5 nitrogen and oxygen atoms in total. The van der Waals surface area contributed by atoms with Gasteiger partial charge in [0.25, 0.3) is 5.91 Å². The smallest absolute Gasteiger partial charge is 0.387 e. The van der Waals surface area contributed by atoms with Gasteiger partial charge in [0, 0.05) is 15.0 Å². The van der Waals surface area contributed by atoms with E-state index >= 15 is 0 Å². The topological polar surface area (TPSA) is 67.4 Å². The van der Waals surface area contributed by atoms with E-state index in [1.54, 1.807) is 25.1 Å². The van der Waals surface area contributed by atoms with E-state index in [1.165, 1.54) is 6.07 Å². The molecule has 0 aliphatic carbocycles. The highest BCUT2D eigenvalue weighted by molar-refractivity contribution is 9.10. The van der Waals surface area contributed by atoms with E-state index in [2.05, 4.69) is 31.3 Å². The van der Waals surface area contributed by atoms with Crippen LogP contribution in [0.1, 0.15) is 20.1 Å². The van der Waals surface area contributed by atoms with Crippen molar-refractivity contribution in [3.63, 3.8) is 0 Å². The lowest BCUT2D eigenvalue weighted by Crippen LogP contribution is -2.32. The Labute approximate surface area is 155 Å². The zero-order chi connectivity index (χ0) is 18.6. The van der Waals surface area contributed by atoms with Crippen molar-refractivity contribution in [2.24, 2.45) is 0 Å². The molecule has 9 heteroatoms. The molecule has 0 unspecified atom stereocenters. The summed E-state index contributed by atoms with van der Waals surface area (Å²) in [6.07, 6.45) is 0. The van der Waals surface area contributed by atoms with Gasteiger partial charge in [-0.1, -0.05) is 15.9 Å². The van der Waals surface area contributed by atoms with Gasteiger partial charge in [-0.2, -0.15) is 8.78 Å². The Balaban J connectivity index is 1.95. The Bertz CT molecular complexity index is 796. The number of benzene rings is 1. The standard InChI is InChI=1S/C16H15BrF2N2O3S/c1-8-5-10(3-4-11(8)17)21-13(22)7-20-15(23)14-12(24-16(18)19)6-9(2)25-14/h3-6,16H,7H2,1-2H3,(H,20,23)(H,21,22). The first-order valence-corrected chi connectivity index (χ1v) is 8.76. The molecule has 1 heterocycles. The predicted molar refractivity (Wildman–Crippen MR) is 95.5 cm³/mol. The van der Waals surface area contributed by atoms with E-state index in [-0.39, 0.29) is 17.2 Å². The molecule has 1 aromatic carbocycles. The molecule has 0 saturated carbocycles. The third kappa shape index (κ3) is 5.50. The van der Waals surface area contributed by atoms with Crippen molar-refractivity contribution >= 4 is 44.8 Å². The molecule has 0 atom stereocenters. The van der Waals surface area contributed by atoms with Crippen molar-refractivity contribution in [2.45, 2.75) is 20.5 Å². The number of alkyl halides is 2. The van der Waals surface area contributed by atoms with E-state index in [9.17, 15) is 18.4 Å². The zero-order valence-electron chi connectivity index (χ0n) is 13.4. The molecule has 0 saturated heterocycles. The molecule has 1 aromatic heterocycles. The van der Waals surface area contributed by atoms with Crippen LogP contribution in [0.2, 0.25) is 0 Å². The van der Waals surface area contributed by atoms with E-state index in [0.29, 0.717) is 10.6 Å². The maximum absolute atomic E-state index is 12.4. The van der Waals surface area contributed by atoms with Gasteiger partial charge in [-0.25, -0.2) is 0 Å². The van der Waals surface area contributed by atoms with Crippen LogP contribution in [0.25, 0.3) is 0 Å². The average molecular weight is 433 g/mol. The van der Waals surface area contributed by atoms with Crippen molar-refractivity contribution in [3.8, 4) is 5.75 Å². The Morgan fingerprint density at radius 2 is 2.00 bits per heavy atom. The number of amides is 2. The van der Waals surface area contributed by atoms with Crippen LogP contribution in [0.15, 0.2) is 28.7 Å². The van der Waals surface area contributed by atoms with Gasteiger partial charge in [-0.15, -0.1) is 11.3 Å². The van der Waals surface area contributed by atoms with Crippen LogP contribution in [0.5, 0.6) is 5.75 Å². The number of nitrogens with one attached hydrogen (secondary N) is 2. The lowest BCUT2D eigenvalue weighted by Gasteiger charge is -2.09. The summed E-state index contributed by atoms with van der Waals surface area (Å²) >= 11 is 4.38. The molecular weight excluding hydrogens is 418 g/mol. The highest BCUT2D eigenvalue weighted by Crippen LogP contribution is 2.30. The summed E-state index contributed by atoms with van der Waals surface area (Å²) in [6, 6.07) is 6.65. The quantitative estimate of drug-likeness (QED) is 0.721. The minimum absolute atomic E-state index is 0.00471. The number of carbonyl (C=O) groups is 2. The maximum atomic E-state index is 12.4. The summed E-state index contributed by atoms with van der Waals surface area (Å²) in [5.74, 6) is -1.27. The lowest BCUT2D eigenvalue weighted by atomic mass is 10.2. The summed E-state index contributed by atoms with van der Waals surface area (Å²) in [4.78, 5) is 24.7. The monoisotopic (exact) mass is 432 g/mol. The molecule has 0 fully saturated rings. The minimum Gasteiger partial charge on any atom is -0.433 e. The molecule has 0 bridgehead atoms. The van der Waals surface area contributed by atoms with Gasteiger partial charge >= 0.3 is 6.61 Å². The largest absolute Gasteiger partial charge is 0.433 e. The summed E-state index contributed by atoms with van der Waals surface area (Å²) in [5, 5.41) is 5.04. The highest BCUT2D eigenvalue weighted by Gasteiger charge is 2.19. The number of rotatable bonds is 6. The molecule has 0 radical (unpaired) electrons. The average Bonchev–Trinajstić information content (AvgIpc) is 2.88. The molecule has 0 spiro atoms. The van der Waals surface area contributed by atoms with Crippen LogP contribution in [0.3, 0.4) is 0 Å². The van der Waals surface area contributed by atoms with Gasteiger partial charge in [0.2, 0.25) is 5.91 Å². The van der Waals surface area contributed by atoms with Crippen molar-refractivity contribution in [2.75, 3.05) is 11.9 Å². The number of hydrogen-bond donors (Lipinski definition) is 2. The fraction of sp³-hybridized carbons (Fsp3) is 0.250. The molecule has 25 heavy (non-hydrogen) atoms. The molecule has 2 N–H and O–H groups in total. The van der Waals surface area contributed by atoms with Crippen molar-refractivity contribution < 1.29 is 23.1 Å². The summed E-state index contributed by atoms with van der Waals surface area (Å²) in [6.45, 7) is 0.233. The SMILES string of the molecule is Cc1cc(OC(F)F)c(C(=O)NCC(=O)Nc2ccc(Br)c(C)c2)s1. The van der Waals surface area contributed by atoms with Gasteiger partial charge in [-0.05, 0) is 43.7 Å².